The van der Waals surface area contributed by atoms with E-state index >= 15 is 0 Å². The normalized spacial score (nSPS) is 26.0. The Morgan fingerprint density at radius 3 is 2.67 bits per heavy atom. The van der Waals surface area contributed by atoms with Gasteiger partial charge in [0.2, 0.25) is 5.82 Å². The van der Waals surface area contributed by atoms with Crippen molar-refractivity contribution in [1.82, 2.24) is 35.1 Å². The van der Waals surface area contributed by atoms with Crippen molar-refractivity contribution >= 4 is 28.9 Å². The Kier molecular flexibility index (Phi) is 6.65. The Bertz CT molecular complexity index is 1210. The monoisotopic (exact) mass is 498 g/mol. The van der Waals surface area contributed by atoms with Crippen LogP contribution in [0.3, 0.4) is 0 Å². The summed E-state index contributed by atoms with van der Waals surface area (Å²) in [6.07, 6.45) is 2.03. The highest BCUT2D eigenvalue weighted by atomic mass is 16.6. The Morgan fingerprint density at radius 2 is 1.97 bits per heavy atom. The first-order valence-corrected chi connectivity index (χ1v) is 12.2. The number of amides is 3. The van der Waals surface area contributed by atoms with Gasteiger partial charge in [-0.25, -0.2) is 19.7 Å². The summed E-state index contributed by atoms with van der Waals surface area (Å²) >= 11 is 0. The highest BCUT2D eigenvalue weighted by Crippen LogP contribution is 2.33. The molecule has 6 N–H and O–H groups in total. The van der Waals surface area contributed by atoms with Gasteiger partial charge in [0, 0.05) is 19.1 Å². The van der Waals surface area contributed by atoms with Gasteiger partial charge in [0.05, 0.1) is 12.9 Å². The molecule has 0 aromatic carbocycles. The molecule has 13 nitrogen and oxygen atoms in total. The highest BCUT2D eigenvalue weighted by Gasteiger charge is 2.48. The van der Waals surface area contributed by atoms with Crippen LogP contribution in [0.2, 0.25) is 0 Å². The number of nitrogen functional groups attached to an aromatic ring is 1. The minimum atomic E-state index is -1.42. The molecule has 0 radical (unpaired) electrons. The molecule has 0 spiro atoms. The van der Waals surface area contributed by atoms with Crippen molar-refractivity contribution in [3.05, 3.63) is 12.2 Å². The molecule has 1 aliphatic heterocycles. The van der Waals surface area contributed by atoms with Gasteiger partial charge in [0.25, 0.3) is 5.91 Å². The number of rotatable bonds is 5. The number of carbonyl (C=O) groups excluding carboxylic acids is 2. The van der Waals surface area contributed by atoms with Gasteiger partial charge < -0.3 is 36.2 Å². The smallest absolute Gasteiger partial charge is 0.318 e. The molecule has 2 aliphatic carbocycles. The SMILES string of the molecule is CNC(=O)N(CC#Cc1nc(N)c2ncn([C@@H]3O[C@H](C(=O)NC4CC4)C(O)[C@@H]3O)c2n1)C1CCCC1. The Labute approximate surface area is 207 Å². The molecule has 1 saturated heterocycles. The third-order valence-corrected chi connectivity index (χ3v) is 6.83. The van der Waals surface area contributed by atoms with Crippen LogP contribution in [0.4, 0.5) is 10.6 Å². The second kappa shape index (κ2) is 9.88. The van der Waals surface area contributed by atoms with Crippen molar-refractivity contribution in [3.63, 3.8) is 0 Å². The van der Waals surface area contributed by atoms with Gasteiger partial charge in [0.1, 0.15) is 17.7 Å². The Hall–Kier alpha value is -3.47. The zero-order valence-electron chi connectivity index (χ0n) is 19.9. The molecule has 1 unspecified atom stereocenters. The summed E-state index contributed by atoms with van der Waals surface area (Å²) in [7, 11) is 1.59. The quantitative estimate of drug-likeness (QED) is 0.331. The van der Waals surface area contributed by atoms with E-state index in [0.717, 1.165) is 38.5 Å². The number of hydrogen-bond acceptors (Lipinski definition) is 9. The van der Waals surface area contributed by atoms with Crippen LogP contribution >= 0.6 is 0 Å². The molecule has 4 atom stereocenters. The van der Waals surface area contributed by atoms with E-state index in [2.05, 4.69) is 37.4 Å². The molecule has 13 heteroatoms. The Morgan fingerprint density at radius 1 is 1.22 bits per heavy atom. The van der Waals surface area contributed by atoms with Crippen LogP contribution in [0.1, 0.15) is 50.6 Å². The standard InChI is InChI=1S/C23H30N8O5/c1-25-23(35)30(13-5-2-3-6-13)10-4-7-14-28-19(24)15-20(29-14)31(11-26-15)22-17(33)16(32)18(36-22)21(34)27-12-8-9-12/h11-13,16-18,22,32-33H,2-3,5-6,8-10H2,1H3,(H,25,35)(H,27,34)(H2,24,28,29)/t16?,17-,18-,22+/m0/s1. The number of nitrogens with two attached hydrogens (primary N) is 1. The van der Waals surface area contributed by atoms with Gasteiger partial charge in [-0.05, 0) is 31.6 Å². The zero-order chi connectivity index (χ0) is 25.4. The zero-order valence-corrected chi connectivity index (χ0v) is 19.9. The summed E-state index contributed by atoms with van der Waals surface area (Å²) in [4.78, 5) is 39.3. The topological polar surface area (TPSA) is 181 Å². The van der Waals surface area contributed by atoms with Crippen LogP contribution < -0.4 is 16.4 Å². The van der Waals surface area contributed by atoms with Gasteiger partial charge >= 0.3 is 6.03 Å². The van der Waals surface area contributed by atoms with E-state index in [4.69, 9.17) is 10.5 Å². The predicted molar refractivity (Wildman–Crippen MR) is 127 cm³/mol. The van der Waals surface area contributed by atoms with E-state index in [1.54, 1.807) is 11.9 Å². The first kappa shape index (κ1) is 24.2. The fourth-order valence-corrected chi connectivity index (χ4v) is 4.73. The average molecular weight is 499 g/mol. The van der Waals surface area contributed by atoms with E-state index in [-0.39, 0.29) is 47.5 Å². The van der Waals surface area contributed by atoms with E-state index in [0.29, 0.717) is 0 Å². The summed E-state index contributed by atoms with van der Waals surface area (Å²) < 4.78 is 7.15. The van der Waals surface area contributed by atoms with E-state index in [1.807, 2.05) is 0 Å². The number of fused-ring (bicyclic) bond motifs is 1. The Balaban J connectivity index is 1.37. The maximum Gasteiger partial charge on any atom is 0.318 e. The molecule has 3 fully saturated rings. The first-order valence-electron chi connectivity index (χ1n) is 12.2. The maximum atomic E-state index is 12.4. The average Bonchev–Trinajstić information content (AvgIpc) is 3.22. The number of aliphatic hydroxyl groups is 2. The van der Waals surface area contributed by atoms with Crippen LogP contribution in [-0.2, 0) is 9.53 Å². The molecule has 3 aliphatic rings. The maximum absolute atomic E-state index is 12.4. The van der Waals surface area contributed by atoms with Crippen molar-refractivity contribution in [2.45, 2.75) is 75.1 Å². The molecular weight excluding hydrogens is 468 g/mol. The number of carbonyl (C=O) groups is 2. The fourth-order valence-electron chi connectivity index (χ4n) is 4.73. The molecule has 2 aromatic heterocycles. The predicted octanol–water partition coefficient (Wildman–Crippen LogP) is -0.758. The summed E-state index contributed by atoms with van der Waals surface area (Å²) in [6.45, 7) is 0.208. The second-order valence-electron chi connectivity index (χ2n) is 9.39. The van der Waals surface area contributed by atoms with Crippen molar-refractivity contribution in [2.24, 2.45) is 0 Å². The van der Waals surface area contributed by atoms with Gasteiger partial charge in [-0.3, -0.25) is 9.36 Å². The molecule has 3 heterocycles. The molecule has 36 heavy (non-hydrogen) atoms. The molecule has 0 bridgehead atoms. The highest BCUT2D eigenvalue weighted by molar-refractivity contribution is 5.83. The summed E-state index contributed by atoms with van der Waals surface area (Å²) in [5.74, 6) is 5.54. The lowest BCUT2D eigenvalue weighted by Crippen LogP contribution is -2.44. The minimum Gasteiger partial charge on any atom is -0.387 e. The van der Waals surface area contributed by atoms with Crippen LogP contribution in [0.5, 0.6) is 0 Å². The van der Waals surface area contributed by atoms with E-state index in [9.17, 15) is 19.8 Å². The molecule has 2 saturated carbocycles. The van der Waals surface area contributed by atoms with Crippen LogP contribution in [0.15, 0.2) is 6.33 Å². The van der Waals surface area contributed by atoms with Crippen LogP contribution in [0, 0.1) is 11.8 Å². The van der Waals surface area contributed by atoms with Gasteiger partial charge in [0.15, 0.2) is 23.8 Å². The van der Waals surface area contributed by atoms with Gasteiger partial charge in [-0.1, -0.05) is 18.8 Å². The van der Waals surface area contributed by atoms with Gasteiger partial charge in [-0.15, -0.1) is 0 Å². The fraction of sp³-hybridized carbons (Fsp3) is 0.609. The number of imidazole rings is 1. The summed E-state index contributed by atoms with van der Waals surface area (Å²) in [6, 6.07) is 0.0447. The third kappa shape index (κ3) is 4.67. The largest absolute Gasteiger partial charge is 0.387 e. The number of ether oxygens (including phenoxy) is 1. The molecular formula is C23H30N8O5. The number of urea groups is 1. The second-order valence-corrected chi connectivity index (χ2v) is 9.39. The lowest BCUT2D eigenvalue weighted by atomic mass is 10.1. The lowest BCUT2D eigenvalue weighted by Gasteiger charge is -2.26. The molecule has 2 aromatic rings. The van der Waals surface area contributed by atoms with Crippen molar-refractivity contribution < 1.29 is 24.5 Å². The molecule has 192 valence electrons. The van der Waals surface area contributed by atoms with Crippen molar-refractivity contribution in [2.75, 3.05) is 19.3 Å². The number of aliphatic hydroxyl groups excluding tert-OH is 2. The third-order valence-electron chi connectivity index (χ3n) is 6.83. The number of hydrogen-bond donors (Lipinski definition) is 5. The summed E-state index contributed by atoms with van der Waals surface area (Å²) in [5.41, 5.74) is 6.60. The number of nitrogens with one attached hydrogen (secondary N) is 2. The summed E-state index contributed by atoms with van der Waals surface area (Å²) in [5, 5.41) is 26.5. The first-order chi connectivity index (χ1) is 17.4. The lowest BCUT2D eigenvalue weighted by molar-refractivity contribution is -0.137. The minimum absolute atomic E-state index is 0.0815. The van der Waals surface area contributed by atoms with Crippen LogP contribution in [-0.4, -0.2) is 90.6 Å². The molecule has 5 rings (SSSR count). The van der Waals surface area contributed by atoms with Crippen molar-refractivity contribution in [3.8, 4) is 11.8 Å². The van der Waals surface area contributed by atoms with Crippen molar-refractivity contribution in [1.29, 1.82) is 0 Å². The molecule has 3 amide bonds. The number of anilines is 1. The van der Waals surface area contributed by atoms with Crippen LogP contribution in [0.25, 0.3) is 11.2 Å². The number of nitrogens with zero attached hydrogens (tertiary/aromatic N) is 5. The van der Waals surface area contributed by atoms with E-state index in [1.165, 1.54) is 10.9 Å². The van der Waals surface area contributed by atoms with E-state index < -0.39 is 30.4 Å². The number of aromatic nitrogens is 4. The van der Waals surface area contributed by atoms with Gasteiger partial charge in [-0.2, -0.15) is 0 Å².